The number of para-hydroxylation sites is 2. The number of ether oxygens (including phenoxy) is 1. The number of aryl methyl sites for hydroxylation is 1. The normalized spacial score (nSPS) is 15.6. The van der Waals surface area contributed by atoms with Crippen LogP contribution in [0.15, 0.2) is 30.5 Å². The van der Waals surface area contributed by atoms with Crippen LogP contribution < -0.4 is 15.4 Å². The smallest absolute Gasteiger partial charge is 0.259 e. The van der Waals surface area contributed by atoms with Crippen molar-refractivity contribution >= 4 is 23.4 Å². The molecule has 0 unspecified atom stereocenters. The standard InChI is InChI=1S/C21H25N5O4/c1-13-16(21(29)25-17-6-4-5-7-18(17)30-3)10-23-20(24-13)15-8-9-26(12-15)19(28)11-22-14(2)27/h4-7,10,15H,8-9,11-12H2,1-3H3,(H,22,27)(H,25,29)/t15-/m0/s1. The number of aromatic nitrogens is 2. The highest BCUT2D eigenvalue weighted by Gasteiger charge is 2.29. The number of likely N-dealkylation sites (tertiary alicyclic amines) is 1. The molecule has 2 heterocycles. The number of hydrogen-bond acceptors (Lipinski definition) is 6. The largest absolute Gasteiger partial charge is 0.495 e. The first-order chi connectivity index (χ1) is 14.4. The lowest BCUT2D eigenvalue weighted by Crippen LogP contribution is -2.38. The van der Waals surface area contributed by atoms with Gasteiger partial charge in [0.15, 0.2) is 0 Å². The maximum absolute atomic E-state index is 12.7. The molecule has 0 radical (unpaired) electrons. The Balaban J connectivity index is 1.66. The Morgan fingerprint density at radius 1 is 1.27 bits per heavy atom. The molecule has 2 aromatic rings. The molecule has 1 atom stereocenters. The fourth-order valence-electron chi connectivity index (χ4n) is 3.35. The zero-order valence-corrected chi connectivity index (χ0v) is 17.3. The lowest BCUT2D eigenvalue weighted by molar-refractivity contribution is -0.131. The summed E-state index contributed by atoms with van der Waals surface area (Å²) in [6.45, 7) is 4.20. The first kappa shape index (κ1) is 21.2. The highest BCUT2D eigenvalue weighted by atomic mass is 16.5. The minimum Gasteiger partial charge on any atom is -0.495 e. The molecule has 1 aliphatic rings. The van der Waals surface area contributed by atoms with Crippen LogP contribution in [0, 0.1) is 6.92 Å². The number of amides is 3. The molecule has 2 N–H and O–H groups in total. The van der Waals surface area contributed by atoms with Gasteiger partial charge in [0.1, 0.15) is 11.6 Å². The molecule has 0 aliphatic carbocycles. The van der Waals surface area contributed by atoms with E-state index in [9.17, 15) is 14.4 Å². The molecule has 1 aromatic carbocycles. The summed E-state index contributed by atoms with van der Waals surface area (Å²) in [7, 11) is 1.54. The van der Waals surface area contributed by atoms with Crippen molar-refractivity contribution in [2.45, 2.75) is 26.2 Å². The minimum absolute atomic E-state index is 0.00342. The molecule has 1 fully saturated rings. The number of benzene rings is 1. The highest BCUT2D eigenvalue weighted by molar-refractivity contribution is 6.05. The van der Waals surface area contributed by atoms with E-state index < -0.39 is 0 Å². The molecule has 1 aromatic heterocycles. The molecular weight excluding hydrogens is 386 g/mol. The number of anilines is 1. The molecule has 9 nitrogen and oxygen atoms in total. The summed E-state index contributed by atoms with van der Waals surface area (Å²) < 4.78 is 5.26. The van der Waals surface area contributed by atoms with Crippen LogP contribution in [0.5, 0.6) is 5.75 Å². The first-order valence-corrected chi connectivity index (χ1v) is 9.69. The average molecular weight is 411 g/mol. The van der Waals surface area contributed by atoms with Crippen molar-refractivity contribution in [2.75, 3.05) is 32.1 Å². The van der Waals surface area contributed by atoms with Gasteiger partial charge in [-0.05, 0) is 25.5 Å². The number of carbonyl (C=O) groups excluding carboxylic acids is 3. The van der Waals surface area contributed by atoms with Crippen LogP contribution in [0.25, 0.3) is 0 Å². The monoisotopic (exact) mass is 411 g/mol. The maximum atomic E-state index is 12.7. The average Bonchev–Trinajstić information content (AvgIpc) is 3.22. The Bertz CT molecular complexity index is 962. The van der Waals surface area contributed by atoms with E-state index in [2.05, 4.69) is 20.6 Å². The number of rotatable bonds is 6. The zero-order chi connectivity index (χ0) is 21.7. The highest BCUT2D eigenvalue weighted by Crippen LogP contribution is 2.26. The van der Waals surface area contributed by atoms with Gasteiger partial charge >= 0.3 is 0 Å². The number of carbonyl (C=O) groups is 3. The Hall–Kier alpha value is -3.49. The van der Waals surface area contributed by atoms with Crippen LogP contribution in [0.3, 0.4) is 0 Å². The van der Waals surface area contributed by atoms with Crippen LogP contribution in [-0.2, 0) is 9.59 Å². The van der Waals surface area contributed by atoms with Crippen molar-refractivity contribution < 1.29 is 19.1 Å². The minimum atomic E-state index is -0.318. The van der Waals surface area contributed by atoms with Gasteiger partial charge in [0.05, 0.1) is 30.6 Å². The molecule has 1 aliphatic heterocycles. The van der Waals surface area contributed by atoms with E-state index in [1.807, 2.05) is 12.1 Å². The summed E-state index contributed by atoms with van der Waals surface area (Å²) in [5.74, 6) is 0.489. The van der Waals surface area contributed by atoms with Crippen molar-refractivity contribution in [3.8, 4) is 5.75 Å². The number of hydrogen-bond donors (Lipinski definition) is 2. The topological polar surface area (TPSA) is 114 Å². The molecule has 0 bridgehead atoms. The van der Waals surface area contributed by atoms with E-state index in [0.717, 1.165) is 6.42 Å². The summed E-state index contributed by atoms with van der Waals surface area (Å²) >= 11 is 0. The molecule has 3 rings (SSSR count). The van der Waals surface area contributed by atoms with Gasteiger partial charge in [-0.1, -0.05) is 12.1 Å². The molecule has 1 saturated heterocycles. The van der Waals surface area contributed by atoms with Crippen LogP contribution in [-0.4, -0.2) is 59.3 Å². The molecule has 30 heavy (non-hydrogen) atoms. The van der Waals surface area contributed by atoms with Crippen LogP contribution in [0.1, 0.15) is 41.1 Å². The van der Waals surface area contributed by atoms with Crippen LogP contribution in [0.2, 0.25) is 0 Å². The summed E-state index contributed by atoms with van der Waals surface area (Å²) in [5.41, 5.74) is 1.51. The van der Waals surface area contributed by atoms with Crippen molar-refractivity contribution in [3.05, 3.63) is 47.5 Å². The van der Waals surface area contributed by atoms with E-state index in [4.69, 9.17) is 4.74 Å². The second-order valence-electron chi connectivity index (χ2n) is 7.12. The SMILES string of the molecule is COc1ccccc1NC(=O)c1cnc([C@H]2CCN(C(=O)CNC(C)=O)C2)nc1C. The fourth-order valence-corrected chi connectivity index (χ4v) is 3.35. The fraction of sp³-hybridized carbons (Fsp3) is 0.381. The molecule has 0 saturated carbocycles. The lowest BCUT2D eigenvalue weighted by Gasteiger charge is -2.16. The Morgan fingerprint density at radius 2 is 2.03 bits per heavy atom. The predicted octanol–water partition coefficient (Wildman–Crippen LogP) is 1.50. The molecule has 3 amide bonds. The number of methoxy groups -OCH3 is 1. The summed E-state index contributed by atoms with van der Waals surface area (Å²) in [6.07, 6.45) is 2.25. The van der Waals surface area contributed by atoms with Gasteiger partial charge in [0.25, 0.3) is 5.91 Å². The van der Waals surface area contributed by atoms with Gasteiger partial charge in [-0.3, -0.25) is 14.4 Å². The Kier molecular flexibility index (Phi) is 6.61. The van der Waals surface area contributed by atoms with Gasteiger partial charge in [0.2, 0.25) is 11.8 Å². The predicted molar refractivity (Wildman–Crippen MR) is 110 cm³/mol. The third-order valence-electron chi connectivity index (χ3n) is 4.99. The summed E-state index contributed by atoms with van der Waals surface area (Å²) in [5, 5.41) is 5.34. The van der Waals surface area contributed by atoms with Gasteiger partial charge in [0, 0.05) is 32.1 Å². The molecule has 9 heteroatoms. The number of nitrogens with zero attached hydrogens (tertiary/aromatic N) is 3. The first-order valence-electron chi connectivity index (χ1n) is 9.69. The third kappa shape index (κ3) is 4.91. The second kappa shape index (κ2) is 9.34. The van der Waals surface area contributed by atoms with Crippen molar-refractivity contribution in [1.29, 1.82) is 0 Å². The molecule has 158 valence electrons. The van der Waals surface area contributed by atoms with E-state index in [1.165, 1.54) is 13.1 Å². The van der Waals surface area contributed by atoms with Crippen LogP contribution in [0.4, 0.5) is 5.69 Å². The van der Waals surface area contributed by atoms with E-state index >= 15 is 0 Å². The molecular formula is C21H25N5O4. The van der Waals surface area contributed by atoms with Crippen LogP contribution >= 0.6 is 0 Å². The summed E-state index contributed by atoms with van der Waals surface area (Å²) in [4.78, 5) is 46.4. The van der Waals surface area contributed by atoms with E-state index in [0.29, 0.717) is 41.6 Å². The Labute approximate surface area is 174 Å². The lowest BCUT2D eigenvalue weighted by atomic mass is 10.1. The number of nitrogens with one attached hydrogen (secondary N) is 2. The van der Waals surface area contributed by atoms with Crippen molar-refractivity contribution in [3.63, 3.8) is 0 Å². The second-order valence-corrected chi connectivity index (χ2v) is 7.12. The van der Waals surface area contributed by atoms with Crippen molar-refractivity contribution in [2.24, 2.45) is 0 Å². The summed E-state index contributed by atoms with van der Waals surface area (Å²) in [6, 6.07) is 7.15. The third-order valence-corrected chi connectivity index (χ3v) is 4.99. The Morgan fingerprint density at radius 3 is 2.73 bits per heavy atom. The van der Waals surface area contributed by atoms with Gasteiger partial charge in [-0.25, -0.2) is 9.97 Å². The maximum Gasteiger partial charge on any atom is 0.259 e. The quantitative estimate of drug-likeness (QED) is 0.745. The van der Waals surface area contributed by atoms with Gasteiger partial charge in [-0.2, -0.15) is 0 Å². The van der Waals surface area contributed by atoms with E-state index in [1.54, 1.807) is 31.1 Å². The molecule has 0 spiro atoms. The van der Waals surface area contributed by atoms with Gasteiger partial charge in [-0.15, -0.1) is 0 Å². The van der Waals surface area contributed by atoms with Gasteiger partial charge < -0.3 is 20.3 Å². The van der Waals surface area contributed by atoms with E-state index in [-0.39, 0.29) is 30.2 Å². The van der Waals surface area contributed by atoms with Crippen molar-refractivity contribution in [1.82, 2.24) is 20.2 Å². The zero-order valence-electron chi connectivity index (χ0n) is 17.3.